The van der Waals surface area contributed by atoms with Gasteiger partial charge >= 0.3 is 0 Å². The van der Waals surface area contributed by atoms with E-state index >= 15 is 0 Å². The molecule has 0 unspecified atom stereocenters. The minimum atomic E-state index is -0.285. The van der Waals surface area contributed by atoms with E-state index in [2.05, 4.69) is 31.5 Å². The molecule has 1 aromatic heterocycles. The molecule has 20 heavy (non-hydrogen) atoms. The first-order valence-corrected chi connectivity index (χ1v) is 7.23. The summed E-state index contributed by atoms with van der Waals surface area (Å²) >= 11 is 9.28. The molecular formula is C14H13BrClN3O. The Morgan fingerprint density at radius 2 is 2.15 bits per heavy atom. The van der Waals surface area contributed by atoms with E-state index in [1.165, 1.54) is 0 Å². The van der Waals surface area contributed by atoms with Crippen molar-refractivity contribution in [3.8, 4) is 0 Å². The van der Waals surface area contributed by atoms with E-state index in [-0.39, 0.29) is 5.91 Å². The Morgan fingerprint density at radius 3 is 2.90 bits per heavy atom. The third-order valence-electron chi connectivity index (χ3n) is 2.55. The Balaban J connectivity index is 2.19. The molecule has 2 N–H and O–H groups in total. The Kier molecular flexibility index (Phi) is 4.98. The van der Waals surface area contributed by atoms with Crippen LogP contribution in [0.1, 0.15) is 17.4 Å². The largest absolute Gasteiger partial charge is 0.385 e. The van der Waals surface area contributed by atoms with Crippen LogP contribution in [0.15, 0.2) is 41.0 Å². The van der Waals surface area contributed by atoms with Crippen molar-refractivity contribution in [3.05, 3.63) is 51.7 Å². The van der Waals surface area contributed by atoms with Gasteiger partial charge in [0, 0.05) is 27.9 Å². The van der Waals surface area contributed by atoms with Gasteiger partial charge in [0.05, 0.1) is 5.69 Å². The van der Waals surface area contributed by atoms with Gasteiger partial charge in [0.2, 0.25) is 0 Å². The molecule has 1 aromatic carbocycles. The van der Waals surface area contributed by atoms with Gasteiger partial charge in [-0.25, -0.2) is 0 Å². The van der Waals surface area contributed by atoms with E-state index in [4.69, 9.17) is 11.6 Å². The summed E-state index contributed by atoms with van der Waals surface area (Å²) in [6.45, 7) is 2.77. The van der Waals surface area contributed by atoms with Crippen LogP contribution in [-0.4, -0.2) is 17.4 Å². The second-order valence-corrected chi connectivity index (χ2v) is 5.33. The summed E-state index contributed by atoms with van der Waals surface area (Å²) in [5.41, 5.74) is 1.81. The Labute approximate surface area is 130 Å². The number of carbonyl (C=O) groups is 1. The van der Waals surface area contributed by atoms with Crippen molar-refractivity contribution in [1.82, 2.24) is 4.98 Å². The van der Waals surface area contributed by atoms with Gasteiger partial charge in [-0.2, -0.15) is 0 Å². The smallest absolute Gasteiger partial charge is 0.274 e. The molecular weight excluding hydrogens is 342 g/mol. The number of hydrogen-bond acceptors (Lipinski definition) is 3. The zero-order chi connectivity index (χ0) is 14.5. The molecule has 0 saturated heterocycles. The fourth-order valence-electron chi connectivity index (χ4n) is 1.65. The summed E-state index contributed by atoms with van der Waals surface area (Å²) < 4.78 is 0.762. The van der Waals surface area contributed by atoms with Gasteiger partial charge in [0.25, 0.3) is 5.91 Å². The monoisotopic (exact) mass is 353 g/mol. The molecule has 1 heterocycles. The standard InChI is InChI=1S/C14H13BrClN3O/c1-2-17-10-5-6-18-13(8-10)14(20)19-12-7-9(16)3-4-11(12)15/h3-8H,2H2,1H3,(H,17,18)(H,19,20). The maximum absolute atomic E-state index is 12.2. The lowest BCUT2D eigenvalue weighted by Gasteiger charge is -2.09. The van der Waals surface area contributed by atoms with Gasteiger partial charge in [0.15, 0.2) is 0 Å². The molecule has 6 heteroatoms. The highest BCUT2D eigenvalue weighted by atomic mass is 79.9. The second-order valence-electron chi connectivity index (χ2n) is 4.04. The van der Waals surface area contributed by atoms with Crippen LogP contribution in [0.5, 0.6) is 0 Å². The quantitative estimate of drug-likeness (QED) is 0.866. The number of rotatable bonds is 4. The molecule has 4 nitrogen and oxygen atoms in total. The number of amides is 1. The number of aromatic nitrogens is 1. The normalized spacial score (nSPS) is 10.2. The summed E-state index contributed by atoms with van der Waals surface area (Å²) in [5.74, 6) is -0.285. The Bertz CT molecular complexity index is 634. The Morgan fingerprint density at radius 1 is 1.35 bits per heavy atom. The molecule has 0 atom stereocenters. The van der Waals surface area contributed by atoms with Crippen molar-refractivity contribution in [2.24, 2.45) is 0 Å². The number of hydrogen-bond donors (Lipinski definition) is 2. The van der Waals surface area contributed by atoms with Crippen LogP contribution in [0.2, 0.25) is 5.02 Å². The number of halogens is 2. The van der Waals surface area contributed by atoms with Crippen LogP contribution < -0.4 is 10.6 Å². The number of anilines is 2. The zero-order valence-electron chi connectivity index (χ0n) is 10.8. The zero-order valence-corrected chi connectivity index (χ0v) is 13.1. The lowest BCUT2D eigenvalue weighted by Crippen LogP contribution is -2.14. The average Bonchev–Trinajstić information content (AvgIpc) is 2.43. The number of pyridine rings is 1. The topological polar surface area (TPSA) is 54.0 Å². The van der Waals surface area contributed by atoms with E-state index in [1.54, 1.807) is 30.5 Å². The molecule has 0 aliphatic heterocycles. The summed E-state index contributed by atoms with van der Waals surface area (Å²) in [5, 5.41) is 6.47. The molecule has 0 aliphatic carbocycles. The highest BCUT2D eigenvalue weighted by molar-refractivity contribution is 9.10. The van der Waals surface area contributed by atoms with Crippen molar-refractivity contribution < 1.29 is 4.79 Å². The van der Waals surface area contributed by atoms with Crippen LogP contribution in [0.3, 0.4) is 0 Å². The number of carbonyl (C=O) groups excluding carboxylic acids is 1. The molecule has 0 spiro atoms. The predicted molar refractivity (Wildman–Crippen MR) is 85.5 cm³/mol. The second kappa shape index (κ2) is 6.72. The first-order valence-electron chi connectivity index (χ1n) is 6.06. The molecule has 0 fully saturated rings. The molecule has 2 aromatic rings. The average molecular weight is 355 g/mol. The van der Waals surface area contributed by atoms with Gasteiger partial charge in [0.1, 0.15) is 5.69 Å². The fraction of sp³-hybridized carbons (Fsp3) is 0.143. The van der Waals surface area contributed by atoms with Crippen molar-refractivity contribution in [2.45, 2.75) is 6.92 Å². The van der Waals surface area contributed by atoms with Gasteiger partial charge < -0.3 is 10.6 Å². The highest BCUT2D eigenvalue weighted by Crippen LogP contribution is 2.26. The van der Waals surface area contributed by atoms with Crippen LogP contribution >= 0.6 is 27.5 Å². The van der Waals surface area contributed by atoms with Crippen molar-refractivity contribution in [1.29, 1.82) is 0 Å². The third kappa shape index (κ3) is 3.71. The first-order chi connectivity index (χ1) is 9.60. The molecule has 0 bridgehead atoms. The third-order valence-corrected chi connectivity index (χ3v) is 3.48. The van der Waals surface area contributed by atoms with E-state index in [0.717, 1.165) is 16.7 Å². The van der Waals surface area contributed by atoms with Crippen LogP contribution in [0, 0.1) is 0 Å². The molecule has 0 saturated carbocycles. The van der Waals surface area contributed by atoms with E-state index in [1.807, 2.05) is 13.0 Å². The van der Waals surface area contributed by atoms with Gasteiger partial charge in [-0.15, -0.1) is 0 Å². The van der Waals surface area contributed by atoms with Gasteiger partial charge in [-0.05, 0) is 53.2 Å². The maximum Gasteiger partial charge on any atom is 0.274 e. The summed E-state index contributed by atoms with van der Waals surface area (Å²) in [4.78, 5) is 16.2. The predicted octanol–water partition coefficient (Wildman–Crippen LogP) is 4.18. The minimum absolute atomic E-state index is 0.285. The highest BCUT2D eigenvalue weighted by Gasteiger charge is 2.10. The van der Waals surface area contributed by atoms with E-state index in [0.29, 0.717) is 16.4 Å². The lowest BCUT2D eigenvalue weighted by atomic mass is 10.2. The molecule has 2 rings (SSSR count). The number of nitrogens with zero attached hydrogens (tertiary/aromatic N) is 1. The summed E-state index contributed by atoms with van der Waals surface area (Å²) in [6, 6.07) is 8.72. The van der Waals surface area contributed by atoms with Crippen LogP contribution in [0.4, 0.5) is 11.4 Å². The van der Waals surface area contributed by atoms with E-state index in [9.17, 15) is 4.79 Å². The first kappa shape index (κ1) is 14.8. The van der Waals surface area contributed by atoms with Crippen molar-refractivity contribution in [2.75, 3.05) is 17.2 Å². The molecule has 1 amide bonds. The fourth-order valence-corrected chi connectivity index (χ4v) is 2.17. The van der Waals surface area contributed by atoms with Gasteiger partial charge in [-0.1, -0.05) is 11.6 Å². The summed E-state index contributed by atoms with van der Waals surface area (Å²) in [6.07, 6.45) is 1.60. The summed E-state index contributed by atoms with van der Waals surface area (Å²) in [7, 11) is 0. The number of nitrogens with one attached hydrogen (secondary N) is 2. The van der Waals surface area contributed by atoms with Crippen molar-refractivity contribution >= 4 is 44.8 Å². The lowest BCUT2D eigenvalue weighted by molar-refractivity contribution is 0.102. The molecule has 104 valence electrons. The minimum Gasteiger partial charge on any atom is -0.385 e. The molecule has 0 aliphatic rings. The van der Waals surface area contributed by atoms with Crippen LogP contribution in [-0.2, 0) is 0 Å². The van der Waals surface area contributed by atoms with Gasteiger partial charge in [-0.3, -0.25) is 9.78 Å². The number of benzene rings is 1. The molecule has 0 radical (unpaired) electrons. The van der Waals surface area contributed by atoms with Crippen molar-refractivity contribution in [3.63, 3.8) is 0 Å². The van der Waals surface area contributed by atoms with E-state index < -0.39 is 0 Å². The Hall–Kier alpha value is -1.59. The van der Waals surface area contributed by atoms with Crippen LogP contribution in [0.25, 0.3) is 0 Å². The SMILES string of the molecule is CCNc1ccnc(C(=O)Nc2cc(Cl)ccc2Br)c1. The maximum atomic E-state index is 12.2.